The largest absolute Gasteiger partial charge is 0.478 e. The highest BCUT2D eigenvalue weighted by molar-refractivity contribution is 6.30. The number of anilines is 1. The molecule has 0 fully saturated rings. The molecule has 0 atom stereocenters. The lowest BCUT2D eigenvalue weighted by molar-refractivity contribution is 0.0697. The predicted octanol–water partition coefficient (Wildman–Crippen LogP) is 3.44. The molecule has 0 spiro atoms. The van der Waals surface area contributed by atoms with Gasteiger partial charge in [0, 0.05) is 23.5 Å². The number of carboxylic acid groups (broad SMARTS) is 1. The maximum Gasteiger partial charge on any atom is 0.335 e. The smallest absolute Gasteiger partial charge is 0.335 e. The van der Waals surface area contributed by atoms with Crippen molar-refractivity contribution < 1.29 is 9.90 Å². The molecule has 3 aromatic rings. The highest BCUT2D eigenvalue weighted by Gasteiger charge is 2.15. The molecule has 6 nitrogen and oxygen atoms in total. The summed E-state index contributed by atoms with van der Waals surface area (Å²) >= 11 is 6.04. The van der Waals surface area contributed by atoms with E-state index in [1.807, 2.05) is 16.7 Å². The molecule has 1 aliphatic heterocycles. The highest BCUT2D eigenvalue weighted by Crippen LogP contribution is 2.24. The van der Waals surface area contributed by atoms with E-state index in [0.29, 0.717) is 21.8 Å². The minimum atomic E-state index is -0.977. The van der Waals surface area contributed by atoms with Crippen LogP contribution in [0.3, 0.4) is 0 Å². The van der Waals surface area contributed by atoms with Crippen LogP contribution in [0.1, 0.15) is 16.8 Å². The molecule has 0 saturated heterocycles. The molecule has 2 heterocycles. The Morgan fingerprint density at radius 2 is 2.16 bits per heavy atom. The van der Waals surface area contributed by atoms with Gasteiger partial charge in [0.25, 0.3) is 0 Å². The van der Waals surface area contributed by atoms with Crippen LogP contribution in [0.2, 0.25) is 5.02 Å². The number of hydrogen-bond acceptors (Lipinski definition) is 4. The molecule has 1 aromatic heterocycles. The number of nitrogens with zero attached hydrogens (tertiary/aromatic N) is 3. The number of benzene rings is 2. The van der Waals surface area contributed by atoms with Crippen molar-refractivity contribution in [1.29, 1.82) is 0 Å². The van der Waals surface area contributed by atoms with E-state index in [9.17, 15) is 9.90 Å². The predicted molar refractivity (Wildman–Crippen MR) is 96.5 cm³/mol. The van der Waals surface area contributed by atoms with Gasteiger partial charge < -0.3 is 10.4 Å². The third-order valence-electron chi connectivity index (χ3n) is 4.12. The molecule has 0 saturated carbocycles. The number of fused-ring (bicyclic) bond motifs is 3. The van der Waals surface area contributed by atoms with E-state index in [1.54, 1.807) is 30.3 Å². The standard InChI is InChI=1S/C18H15ClN4O2/c19-12-3-1-4-13(10-12)21-18-22-15-9-11(17(24)25)5-6-14(15)16-20-7-2-8-23(16)18/h1,3-6,9-10,20H,2,7-8H2,(H,24,25). The summed E-state index contributed by atoms with van der Waals surface area (Å²) in [5.74, 6) is -0.0654. The molecule has 0 amide bonds. The second-order valence-electron chi connectivity index (χ2n) is 5.82. The SMILES string of the molecule is O=C(O)c1ccc2c3n(c(=Nc4cccc(Cl)c4)nc2c1)CCCN3. The van der Waals surface area contributed by atoms with E-state index in [-0.39, 0.29) is 5.56 Å². The topological polar surface area (TPSA) is 79.5 Å². The average Bonchev–Trinajstić information content (AvgIpc) is 2.61. The zero-order valence-corrected chi connectivity index (χ0v) is 14.0. The summed E-state index contributed by atoms with van der Waals surface area (Å²) in [5, 5.41) is 14.1. The molecular formula is C18H15ClN4O2. The van der Waals surface area contributed by atoms with Crippen LogP contribution in [0.15, 0.2) is 47.5 Å². The maximum atomic E-state index is 11.3. The van der Waals surface area contributed by atoms with Crippen LogP contribution in [0.4, 0.5) is 11.5 Å². The van der Waals surface area contributed by atoms with Crippen molar-refractivity contribution in [3.63, 3.8) is 0 Å². The molecule has 1 aliphatic rings. The van der Waals surface area contributed by atoms with Gasteiger partial charge in [-0.2, -0.15) is 0 Å². The molecule has 7 heteroatoms. The number of halogens is 1. The Balaban J connectivity index is 2.01. The Bertz CT molecular complexity index is 1060. The number of carbonyl (C=O) groups is 1. The first-order valence-electron chi connectivity index (χ1n) is 7.94. The van der Waals surface area contributed by atoms with Crippen LogP contribution < -0.4 is 10.9 Å². The van der Waals surface area contributed by atoms with E-state index in [4.69, 9.17) is 11.6 Å². The van der Waals surface area contributed by atoms with Crippen molar-refractivity contribution in [2.45, 2.75) is 13.0 Å². The minimum absolute atomic E-state index is 0.203. The number of rotatable bonds is 2. The Kier molecular flexibility index (Phi) is 3.89. The second kappa shape index (κ2) is 6.22. The summed E-state index contributed by atoms with van der Waals surface area (Å²) in [6.45, 7) is 1.65. The van der Waals surface area contributed by atoms with Crippen molar-refractivity contribution in [3.8, 4) is 0 Å². The van der Waals surface area contributed by atoms with Gasteiger partial charge in [0.1, 0.15) is 5.82 Å². The molecule has 25 heavy (non-hydrogen) atoms. The van der Waals surface area contributed by atoms with Crippen molar-refractivity contribution in [1.82, 2.24) is 9.55 Å². The van der Waals surface area contributed by atoms with Crippen LogP contribution in [0.5, 0.6) is 0 Å². The van der Waals surface area contributed by atoms with Gasteiger partial charge in [-0.15, -0.1) is 0 Å². The molecule has 0 unspecified atom stereocenters. The van der Waals surface area contributed by atoms with Crippen molar-refractivity contribution in [3.05, 3.63) is 58.7 Å². The van der Waals surface area contributed by atoms with Gasteiger partial charge in [-0.25, -0.2) is 14.8 Å². The van der Waals surface area contributed by atoms with Gasteiger partial charge in [-0.1, -0.05) is 17.7 Å². The molecule has 0 radical (unpaired) electrons. The van der Waals surface area contributed by atoms with Gasteiger partial charge >= 0.3 is 5.97 Å². The monoisotopic (exact) mass is 354 g/mol. The maximum absolute atomic E-state index is 11.3. The van der Waals surface area contributed by atoms with Gasteiger partial charge in [0.05, 0.1) is 16.8 Å². The van der Waals surface area contributed by atoms with Gasteiger partial charge in [-0.3, -0.25) is 4.57 Å². The quantitative estimate of drug-likeness (QED) is 0.738. The van der Waals surface area contributed by atoms with E-state index in [2.05, 4.69) is 15.3 Å². The van der Waals surface area contributed by atoms with Crippen LogP contribution in [-0.4, -0.2) is 27.2 Å². The van der Waals surface area contributed by atoms with Crippen molar-refractivity contribution in [2.24, 2.45) is 4.99 Å². The highest BCUT2D eigenvalue weighted by atomic mass is 35.5. The fourth-order valence-electron chi connectivity index (χ4n) is 2.96. The number of hydrogen-bond donors (Lipinski definition) is 2. The Hall–Kier alpha value is -2.86. The molecule has 2 aromatic carbocycles. The van der Waals surface area contributed by atoms with Gasteiger partial charge in [0.2, 0.25) is 5.62 Å². The van der Waals surface area contributed by atoms with Crippen LogP contribution in [-0.2, 0) is 6.54 Å². The Morgan fingerprint density at radius 1 is 1.28 bits per heavy atom. The summed E-state index contributed by atoms with van der Waals surface area (Å²) in [4.78, 5) is 20.5. The molecule has 126 valence electrons. The Morgan fingerprint density at radius 3 is 2.96 bits per heavy atom. The molecule has 4 rings (SSSR count). The fourth-order valence-corrected chi connectivity index (χ4v) is 3.15. The number of aromatic nitrogens is 2. The van der Waals surface area contributed by atoms with Crippen molar-refractivity contribution in [2.75, 3.05) is 11.9 Å². The Labute approximate surface area is 148 Å². The first-order chi connectivity index (χ1) is 12.1. The van der Waals surface area contributed by atoms with E-state index in [1.165, 1.54) is 0 Å². The number of carboxylic acids is 1. The van der Waals surface area contributed by atoms with Crippen LogP contribution in [0.25, 0.3) is 10.9 Å². The van der Waals surface area contributed by atoms with E-state index >= 15 is 0 Å². The normalized spacial score (nSPS) is 14.2. The molecule has 2 N–H and O–H groups in total. The first kappa shape index (κ1) is 15.7. The van der Waals surface area contributed by atoms with Gasteiger partial charge in [-0.05, 0) is 42.8 Å². The van der Waals surface area contributed by atoms with Crippen LogP contribution in [0, 0.1) is 0 Å². The van der Waals surface area contributed by atoms with Crippen LogP contribution >= 0.6 is 11.6 Å². The lowest BCUT2D eigenvalue weighted by Gasteiger charge is -2.22. The zero-order valence-electron chi connectivity index (χ0n) is 13.2. The fraction of sp³-hybridized carbons (Fsp3) is 0.167. The summed E-state index contributed by atoms with van der Waals surface area (Å²) in [6, 6.07) is 12.2. The molecular weight excluding hydrogens is 340 g/mol. The van der Waals surface area contributed by atoms with E-state index in [0.717, 1.165) is 30.7 Å². The number of nitrogens with one attached hydrogen (secondary N) is 1. The van der Waals surface area contributed by atoms with Crippen molar-refractivity contribution >= 4 is 40.0 Å². The molecule has 0 aliphatic carbocycles. The summed E-state index contributed by atoms with van der Waals surface area (Å²) in [6.07, 6.45) is 0.968. The second-order valence-corrected chi connectivity index (χ2v) is 6.26. The third kappa shape index (κ3) is 2.96. The number of aromatic carboxylic acids is 1. The van der Waals surface area contributed by atoms with E-state index < -0.39 is 5.97 Å². The molecule has 0 bridgehead atoms. The minimum Gasteiger partial charge on any atom is -0.478 e. The summed E-state index contributed by atoms with van der Waals surface area (Å²) < 4.78 is 2.02. The lowest BCUT2D eigenvalue weighted by Crippen LogP contribution is -2.31. The average molecular weight is 355 g/mol. The zero-order chi connectivity index (χ0) is 17.4. The lowest BCUT2D eigenvalue weighted by atomic mass is 10.1. The van der Waals surface area contributed by atoms with Gasteiger partial charge in [0.15, 0.2) is 0 Å². The summed E-state index contributed by atoms with van der Waals surface area (Å²) in [5.41, 5.74) is 2.03. The third-order valence-corrected chi connectivity index (χ3v) is 4.35. The summed E-state index contributed by atoms with van der Waals surface area (Å²) in [7, 11) is 0. The first-order valence-corrected chi connectivity index (χ1v) is 8.32.